The minimum atomic E-state index is -3.76. The van der Waals surface area contributed by atoms with E-state index in [4.69, 9.17) is 9.47 Å². The van der Waals surface area contributed by atoms with Gasteiger partial charge in [-0.3, -0.25) is 9.52 Å². The van der Waals surface area contributed by atoms with Crippen LogP contribution in [0, 0.1) is 0 Å². The highest BCUT2D eigenvalue weighted by Gasteiger charge is 2.15. The van der Waals surface area contributed by atoms with E-state index in [1.165, 1.54) is 25.3 Å². The zero-order valence-corrected chi connectivity index (χ0v) is 16.2. The highest BCUT2D eigenvalue weighted by atomic mass is 32.2. The lowest BCUT2D eigenvalue weighted by molar-refractivity contribution is 0.0944. The van der Waals surface area contributed by atoms with Crippen molar-refractivity contribution in [1.82, 2.24) is 5.32 Å². The van der Waals surface area contributed by atoms with Crippen molar-refractivity contribution in [3.8, 4) is 5.75 Å². The van der Waals surface area contributed by atoms with Gasteiger partial charge >= 0.3 is 0 Å². The standard InChI is InChI=1S/C19H24N2O5S/c1-3-26-13-5-12-20-19(22)15-6-4-7-16(14-15)21-27(23,24)18-10-8-17(25-2)9-11-18/h4,6-11,14,21H,3,5,12-13H2,1-2H3,(H,20,22). The highest BCUT2D eigenvalue weighted by Crippen LogP contribution is 2.19. The molecule has 7 nitrogen and oxygen atoms in total. The Balaban J connectivity index is 2.02. The van der Waals surface area contributed by atoms with Crippen molar-refractivity contribution in [2.75, 3.05) is 31.6 Å². The van der Waals surface area contributed by atoms with Gasteiger partial charge in [-0.1, -0.05) is 6.07 Å². The third kappa shape index (κ3) is 6.26. The van der Waals surface area contributed by atoms with E-state index >= 15 is 0 Å². The summed E-state index contributed by atoms with van der Waals surface area (Å²) in [6.45, 7) is 3.63. The predicted molar refractivity (Wildman–Crippen MR) is 104 cm³/mol. The molecular formula is C19H24N2O5S. The molecule has 2 rings (SSSR count). The Morgan fingerprint density at radius 1 is 1.11 bits per heavy atom. The first-order valence-electron chi connectivity index (χ1n) is 8.59. The number of carbonyl (C=O) groups excluding carboxylic acids is 1. The second kappa shape index (κ2) is 9.94. The topological polar surface area (TPSA) is 93.7 Å². The molecule has 27 heavy (non-hydrogen) atoms. The van der Waals surface area contributed by atoms with E-state index in [-0.39, 0.29) is 10.8 Å². The molecule has 0 fully saturated rings. The Hall–Kier alpha value is -2.58. The fourth-order valence-electron chi connectivity index (χ4n) is 2.32. The molecule has 0 spiro atoms. The number of amides is 1. The lowest BCUT2D eigenvalue weighted by atomic mass is 10.2. The molecule has 0 bridgehead atoms. The Morgan fingerprint density at radius 2 is 1.85 bits per heavy atom. The van der Waals surface area contributed by atoms with E-state index in [9.17, 15) is 13.2 Å². The molecule has 2 aromatic rings. The first-order chi connectivity index (χ1) is 13.0. The first-order valence-corrected chi connectivity index (χ1v) is 10.1. The Morgan fingerprint density at radius 3 is 2.52 bits per heavy atom. The predicted octanol–water partition coefficient (Wildman–Crippen LogP) is 2.65. The van der Waals surface area contributed by atoms with Crippen molar-refractivity contribution in [2.24, 2.45) is 0 Å². The molecule has 1 amide bonds. The van der Waals surface area contributed by atoms with Crippen molar-refractivity contribution < 1.29 is 22.7 Å². The zero-order valence-electron chi connectivity index (χ0n) is 15.4. The molecule has 0 saturated heterocycles. The molecule has 0 aromatic heterocycles. The zero-order chi connectivity index (χ0) is 19.7. The summed E-state index contributed by atoms with van der Waals surface area (Å²) in [5, 5.41) is 2.78. The van der Waals surface area contributed by atoms with Gasteiger partial charge in [0.15, 0.2) is 0 Å². The van der Waals surface area contributed by atoms with E-state index in [1.807, 2.05) is 6.92 Å². The Labute approximate surface area is 159 Å². The fraction of sp³-hybridized carbons (Fsp3) is 0.316. The summed E-state index contributed by atoms with van der Waals surface area (Å²) in [5.74, 6) is 0.300. The summed E-state index contributed by atoms with van der Waals surface area (Å²) >= 11 is 0. The minimum absolute atomic E-state index is 0.106. The second-order valence-electron chi connectivity index (χ2n) is 5.67. The largest absolute Gasteiger partial charge is 0.497 e. The molecule has 0 aliphatic heterocycles. The summed E-state index contributed by atoms with van der Waals surface area (Å²) in [7, 11) is -2.25. The molecule has 146 valence electrons. The average molecular weight is 392 g/mol. The molecule has 0 saturated carbocycles. The van der Waals surface area contributed by atoms with Crippen LogP contribution in [-0.4, -0.2) is 41.2 Å². The quantitative estimate of drug-likeness (QED) is 0.606. The van der Waals surface area contributed by atoms with Crippen LogP contribution in [0.15, 0.2) is 53.4 Å². The number of anilines is 1. The number of rotatable bonds is 10. The maximum absolute atomic E-state index is 12.5. The van der Waals surface area contributed by atoms with E-state index in [1.54, 1.807) is 30.3 Å². The van der Waals surface area contributed by atoms with Gasteiger partial charge in [-0.2, -0.15) is 0 Å². The van der Waals surface area contributed by atoms with Gasteiger partial charge in [0.05, 0.1) is 12.0 Å². The van der Waals surface area contributed by atoms with Gasteiger partial charge in [0.1, 0.15) is 5.75 Å². The number of carbonyl (C=O) groups is 1. The molecule has 2 aromatic carbocycles. The van der Waals surface area contributed by atoms with Gasteiger partial charge in [0, 0.05) is 31.0 Å². The molecule has 0 atom stereocenters. The third-order valence-electron chi connectivity index (χ3n) is 3.70. The lowest BCUT2D eigenvalue weighted by Crippen LogP contribution is -2.25. The highest BCUT2D eigenvalue weighted by molar-refractivity contribution is 7.92. The van der Waals surface area contributed by atoms with Gasteiger partial charge in [-0.15, -0.1) is 0 Å². The number of benzene rings is 2. The van der Waals surface area contributed by atoms with Crippen LogP contribution >= 0.6 is 0 Å². The summed E-state index contributed by atoms with van der Waals surface area (Å²) in [6, 6.07) is 12.4. The summed E-state index contributed by atoms with van der Waals surface area (Å²) in [4.78, 5) is 12.3. The van der Waals surface area contributed by atoms with Crippen LogP contribution in [0.25, 0.3) is 0 Å². The smallest absolute Gasteiger partial charge is 0.261 e. The van der Waals surface area contributed by atoms with Gasteiger partial charge in [-0.25, -0.2) is 8.42 Å². The van der Waals surface area contributed by atoms with Crippen LogP contribution in [-0.2, 0) is 14.8 Å². The van der Waals surface area contributed by atoms with Crippen molar-refractivity contribution in [3.05, 3.63) is 54.1 Å². The molecule has 0 radical (unpaired) electrons. The summed E-state index contributed by atoms with van der Waals surface area (Å²) in [5.41, 5.74) is 0.689. The Bertz CT molecular complexity index is 851. The van der Waals surface area contributed by atoms with E-state index in [0.717, 1.165) is 0 Å². The number of nitrogens with one attached hydrogen (secondary N) is 2. The summed E-state index contributed by atoms with van der Waals surface area (Å²) in [6.07, 6.45) is 0.712. The number of methoxy groups -OCH3 is 1. The first kappa shape index (κ1) is 20.7. The van der Waals surface area contributed by atoms with E-state index in [2.05, 4.69) is 10.0 Å². The monoisotopic (exact) mass is 392 g/mol. The fourth-order valence-corrected chi connectivity index (χ4v) is 3.36. The van der Waals surface area contributed by atoms with Crippen LogP contribution in [0.1, 0.15) is 23.7 Å². The maximum Gasteiger partial charge on any atom is 0.261 e. The maximum atomic E-state index is 12.5. The molecule has 0 aliphatic rings. The minimum Gasteiger partial charge on any atom is -0.497 e. The molecule has 2 N–H and O–H groups in total. The van der Waals surface area contributed by atoms with Crippen molar-refractivity contribution in [1.29, 1.82) is 0 Å². The molecule has 8 heteroatoms. The van der Waals surface area contributed by atoms with Crippen molar-refractivity contribution in [3.63, 3.8) is 0 Å². The number of hydrogen-bond acceptors (Lipinski definition) is 5. The van der Waals surface area contributed by atoms with E-state index in [0.29, 0.717) is 43.2 Å². The second-order valence-corrected chi connectivity index (χ2v) is 7.35. The summed E-state index contributed by atoms with van der Waals surface area (Å²) < 4.78 is 37.7. The lowest BCUT2D eigenvalue weighted by Gasteiger charge is -2.10. The number of ether oxygens (including phenoxy) is 2. The SMILES string of the molecule is CCOCCCNC(=O)c1cccc(NS(=O)(=O)c2ccc(OC)cc2)c1. The van der Waals surface area contributed by atoms with E-state index < -0.39 is 10.0 Å². The van der Waals surface area contributed by atoms with Gasteiger partial charge in [0.2, 0.25) is 0 Å². The molecular weight excluding hydrogens is 368 g/mol. The van der Waals surface area contributed by atoms with Gasteiger partial charge in [0.25, 0.3) is 15.9 Å². The Kier molecular flexibility index (Phi) is 7.63. The number of hydrogen-bond donors (Lipinski definition) is 2. The van der Waals surface area contributed by atoms with Crippen LogP contribution in [0.4, 0.5) is 5.69 Å². The van der Waals surface area contributed by atoms with Crippen LogP contribution in [0.2, 0.25) is 0 Å². The third-order valence-corrected chi connectivity index (χ3v) is 5.10. The van der Waals surface area contributed by atoms with Crippen LogP contribution in [0.5, 0.6) is 5.75 Å². The van der Waals surface area contributed by atoms with Gasteiger partial charge < -0.3 is 14.8 Å². The molecule has 0 heterocycles. The number of sulfonamides is 1. The average Bonchev–Trinajstić information content (AvgIpc) is 2.67. The normalized spacial score (nSPS) is 11.0. The van der Waals surface area contributed by atoms with Crippen molar-refractivity contribution >= 4 is 21.6 Å². The van der Waals surface area contributed by atoms with Crippen LogP contribution in [0.3, 0.4) is 0 Å². The van der Waals surface area contributed by atoms with Gasteiger partial charge in [-0.05, 0) is 55.8 Å². The molecule has 0 aliphatic carbocycles. The van der Waals surface area contributed by atoms with Crippen molar-refractivity contribution in [2.45, 2.75) is 18.2 Å². The molecule has 0 unspecified atom stereocenters. The van der Waals surface area contributed by atoms with Crippen LogP contribution < -0.4 is 14.8 Å².